The van der Waals surface area contributed by atoms with Gasteiger partial charge in [0, 0.05) is 12.0 Å². The summed E-state index contributed by atoms with van der Waals surface area (Å²) in [5.74, 6) is 0. The van der Waals surface area contributed by atoms with Gasteiger partial charge in [-0.15, -0.1) is 0 Å². The molecule has 0 bridgehead atoms. The molecule has 0 fully saturated rings. The number of nitrogens with zero attached hydrogens (tertiary/aromatic N) is 2. The molecule has 0 spiro atoms. The molecule has 0 aliphatic rings. The predicted molar refractivity (Wildman–Crippen MR) is 54.6 cm³/mol. The third-order valence-electron chi connectivity index (χ3n) is 1.88. The molecular weight excluding hydrogens is 221 g/mol. The molecule has 0 aliphatic heterocycles. The molecule has 7 nitrogen and oxygen atoms in total. The van der Waals surface area contributed by atoms with Gasteiger partial charge in [0.2, 0.25) is 6.54 Å². The van der Waals surface area contributed by atoms with Crippen molar-refractivity contribution in [1.82, 2.24) is 5.32 Å². The van der Waals surface area contributed by atoms with Gasteiger partial charge in [-0.25, -0.2) is 9.18 Å². The summed E-state index contributed by atoms with van der Waals surface area (Å²) < 4.78 is 12.6. The van der Waals surface area contributed by atoms with Crippen LogP contribution in [0, 0.1) is 15.5 Å². The first kappa shape index (κ1) is 14.3. The number of oxime groups is 1. The lowest BCUT2D eigenvalue weighted by molar-refractivity contribution is -0.491. The molecule has 8 heteroatoms. The molecule has 0 heterocycles. The molecule has 0 radical (unpaired) electrons. The summed E-state index contributed by atoms with van der Waals surface area (Å²) in [7, 11) is 1.31. The van der Waals surface area contributed by atoms with Crippen molar-refractivity contribution in [2.75, 3.05) is 20.3 Å². The fraction of sp³-hybridized carbons (Fsp3) is 0.750. The van der Waals surface area contributed by atoms with E-state index in [1.807, 2.05) is 0 Å². The van der Waals surface area contributed by atoms with Crippen molar-refractivity contribution < 1.29 is 18.9 Å². The zero-order chi connectivity index (χ0) is 12.8. The Morgan fingerprint density at radius 1 is 1.62 bits per heavy atom. The molecule has 1 amide bonds. The van der Waals surface area contributed by atoms with E-state index >= 15 is 0 Å². The number of carbonyl (C=O) groups is 1. The minimum Gasteiger partial charge on any atom is -0.323 e. The van der Waals surface area contributed by atoms with Gasteiger partial charge in [-0.3, -0.25) is 15.0 Å². The summed E-state index contributed by atoms with van der Waals surface area (Å²) in [6.07, 6.45) is -0.858. The number of nitro groups is 1. The van der Waals surface area contributed by atoms with Gasteiger partial charge in [-0.1, -0.05) is 5.16 Å². The highest BCUT2D eigenvalue weighted by atomic mass is 19.1. The number of rotatable bonds is 5. The number of hydrogen-bond acceptors (Lipinski definition) is 5. The van der Waals surface area contributed by atoms with Crippen molar-refractivity contribution in [2.24, 2.45) is 10.6 Å². The molecule has 0 saturated carbocycles. The van der Waals surface area contributed by atoms with Crippen LogP contribution in [0.4, 0.5) is 9.18 Å². The average molecular weight is 235 g/mol. The van der Waals surface area contributed by atoms with Crippen molar-refractivity contribution in [3.8, 4) is 0 Å². The first-order valence-electron chi connectivity index (χ1n) is 4.47. The van der Waals surface area contributed by atoms with Crippen LogP contribution in [-0.4, -0.2) is 37.0 Å². The van der Waals surface area contributed by atoms with Gasteiger partial charge < -0.3 is 5.32 Å². The summed E-state index contributed by atoms with van der Waals surface area (Å²) >= 11 is 0. The molecule has 0 aliphatic carbocycles. The number of hydrogen-bond donors (Lipinski definition) is 1. The summed E-state index contributed by atoms with van der Waals surface area (Å²) in [5.41, 5.74) is -1.29. The minimum absolute atomic E-state index is 0.187. The second kappa shape index (κ2) is 5.99. The third kappa shape index (κ3) is 4.67. The lowest BCUT2D eigenvalue weighted by Gasteiger charge is -2.19. The van der Waals surface area contributed by atoms with Gasteiger partial charge in [0.15, 0.2) is 0 Å². The van der Waals surface area contributed by atoms with E-state index in [4.69, 9.17) is 0 Å². The highest BCUT2D eigenvalue weighted by molar-refractivity contribution is 5.90. The molecule has 0 atom stereocenters. The number of carbonyl (C=O) groups excluding carboxylic acids is 1. The van der Waals surface area contributed by atoms with Gasteiger partial charge in [0.05, 0.1) is 5.41 Å². The van der Waals surface area contributed by atoms with E-state index in [2.05, 4.69) is 15.3 Å². The Morgan fingerprint density at radius 2 is 2.19 bits per heavy atom. The Hall–Kier alpha value is -1.73. The maximum absolute atomic E-state index is 12.6. The van der Waals surface area contributed by atoms with Gasteiger partial charge in [-0.05, 0) is 13.8 Å². The molecular formula is C8H14FN3O4. The SMILES string of the molecule is CNC(=O)ON=C(CF)C(C)(C)C[N+](=O)[O-]. The highest BCUT2D eigenvalue weighted by Gasteiger charge is 2.32. The van der Waals surface area contributed by atoms with Crippen LogP contribution in [0.2, 0.25) is 0 Å². The largest absolute Gasteiger partial charge is 0.433 e. The third-order valence-corrected chi connectivity index (χ3v) is 1.88. The molecule has 92 valence electrons. The van der Waals surface area contributed by atoms with Crippen LogP contribution in [0.5, 0.6) is 0 Å². The average Bonchev–Trinajstić information content (AvgIpc) is 2.15. The van der Waals surface area contributed by atoms with E-state index in [-0.39, 0.29) is 5.71 Å². The molecule has 16 heavy (non-hydrogen) atoms. The zero-order valence-electron chi connectivity index (χ0n) is 9.32. The zero-order valence-corrected chi connectivity index (χ0v) is 9.32. The molecule has 0 rings (SSSR count). The predicted octanol–water partition coefficient (Wildman–Crippen LogP) is 0.971. The summed E-state index contributed by atoms with van der Waals surface area (Å²) in [6, 6.07) is 0. The molecule has 1 N–H and O–H groups in total. The van der Waals surface area contributed by atoms with Crippen molar-refractivity contribution >= 4 is 11.8 Å². The minimum atomic E-state index is -1.10. The fourth-order valence-electron chi connectivity index (χ4n) is 0.885. The van der Waals surface area contributed by atoms with Crippen LogP contribution < -0.4 is 5.32 Å². The fourth-order valence-corrected chi connectivity index (χ4v) is 0.885. The van der Waals surface area contributed by atoms with Crippen LogP contribution in [0.1, 0.15) is 13.8 Å². The topological polar surface area (TPSA) is 93.8 Å². The summed E-state index contributed by atoms with van der Waals surface area (Å²) in [5, 5.41) is 15.7. The molecule has 0 unspecified atom stereocenters. The lowest BCUT2D eigenvalue weighted by atomic mass is 9.88. The standard InChI is InChI=1S/C8H14FN3O4/c1-8(2,5-12(14)15)6(4-9)11-16-7(13)10-3/h4-5H2,1-3H3,(H,10,13). The quantitative estimate of drug-likeness (QED) is 0.332. The second-order valence-corrected chi connectivity index (χ2v) is 3.68. The monoisotopic (exact) mass is 235 g/mol. The van der Waals surface area contributed by atoms with E-state index in [1.165, 1.54) is 20.9 Å². The van der Waals surface area contributed by atoms with E-state index in [1.54, 1.807) is 0 Å². The Balaban J connectivity index is 4.69. The van der Waals surface area contributed by atoms with Crippen LogP contribution in [0.25, 0.3) is 0 Å². The normalized spacial score (nSPS) is 12.1. The van der Waals surface area contributed by atoms with Gasteiger partial charge in [0.1, 0.15) is 12.4 Å². The van der Waals surface area contributed by atoms with Crippen LogP contribution in [-0.2, 0) is 4.84 Å². The van der Waals surface area contributed by atoms with E-state index in [9.17, 15) is 19.3 Å². The van der Waals surface area contributed by atoms with E-state index < -0.39 is 29.7 Å². The Kier molecular flexibility index (Phi) is 5.34. The van der Waals surface area contributed by atoms with Crippen LogP contribution in [0.15, 0.2) is 5.16 Å². The van der Waals surface area contributed by atoms with Crippen molar-refractivity contribution in [3.63, 3.8) is 0 Å². The first-order valence-corrected chi connectivity index (χ1v) is 4.47. The van der Waals surface area contributed by atoms with Gasteiger partial charge in [-0.2, -0.15) is 0 Å². The second-order valence-electron chi connectivity index (χ2n) is 3.68. The maximum atomic E-state index is 12.6. The Morgan fingerprint density at radius 3 is 2.56 bits per heavy atom. The number of nitrogens with one attached hydrogen (secondary N) is 1. The van der Waals surface area contributed by atoms with Crippen LogP contribution in [0.3, 0.4) is 0 Å². The lowest BCUT2D eigenvalue weighted by Crippen LogP contribution is -2.34. The van der Waals surface area contributed by atoms with Gasteiger partial charge >= 0.3 is 6.09 Å². The van der Waals surface area contributed by atoms with Crippen molar-refractivity contribution in [3.05, 3.63) is 10.1 Å². The highest BCUT2D eigenvalue weighted by Crippen LogP contribution is 2.18. The molecule has 0 aromatic carbocycles. The molecule has 0 aromatic heterocycles. The van der Waals surface area contributed by atoms with Crippen molar-refractivity contribution in [1.29, 1.82) is 0 Å². The van der Waals surface area contributed by atoms with E-state index in [0.717, 1.165) is 0 Å². The Labute approximate surface area is 91.8 Å². The molecule has 0 aromatic rings. The van der Waals surface area contributed by atoms with Gasteiger partial charge in [0.25, 0.3) is 0 Å². The number of alkyl halides is 1. The van der Waals surface area contributed by atoms with Crippen molar-refractivity contribution in [2.45, 2.75) is 13.8 Å². The van der Waals surface area contributed by atoms with Crippen LogP contribution >= 0.6 is 0 Å². The van der Waals surface area contributed by atoms with E-state index in [0.29, 0.717) is 0 Å². The smallest absolute Gasteiger partial charge is 0.323 e. The maximum Gasteiger partial charge on any atom is 0.433 e. The Bertz CT molecular complexity index is 304. The summed E-state index contributed by atoms with van der Waals surface area (Å²) in [4.78, 5) is 24.7. The number of amides is 1. The first-order chi connectivity index (χ1) is 7.33. The molecule has 0 saturated heterocycles. The number of halogens is 1. The summed E-state index contributed by atoms with van der Waals surface area (Å²) in [6.45, 7) is 1.38.